The largest absolute Gasteiger partial charge is 0.453 e. The van der Waals surface area contributed by atoms with E-state index in [0.717, 1.165) is 89.5 Å². The van der Waals surface area contributed by atoms with Crippen molar-refractivity contribution in [2.75, 3.05) is 14.7 Å². The molecule has 12 rings (SSSR count). The molecule has 0 atom stereocenters. The lowest BCUT2D eigenvalue weighted by atomic mass is 10.0. The van der Waals surface area contributed by atoms with Gasteiger partial charge in [0.05, 0.1) is 27.9 Å². The second-order valence-electron chi connectivity index (χ2n) is 15.6. The summed E-state index contributed by atoms with van der Waals surface area (Å²) >= 11 is 0. The predicted octanol–water partition coefficient (Wildman–Crippen LogP) is 14.9. The summed E-state index contributed by atoms with van der Waals surface area (Å²) < 4.78 is 7.07. The van der Waals surface area contributed by atoms with Gasteiger partial charge in [-0.25, -0.2) is 4.98 Å². The van der Waals surface area contributed by atoms with E-state index in [1.165, 1.54) is 0 Å². The third-order valence-electron chi connectivity index (χ3n) is 11.7. The molecule has 0 amide bonds. The lowest BCUT2D eigenvalue weighted by Crippen LogP contribution is -2.18. The topological polar surface area (TPSA) is 70.5 Å². The van der Waals surface area contributed by atoms with Crippen molar-refractivity contribution in [1.82, 2.24) is 19.9 Å². The van der Waals surface area contributed by atoms with Crippen LogP contribution in [0, 0.1) is 0 Å². The second kappa shape index (κ2) is 15.5. The highest BCUT2D eigenvalue weighted by molar-refractivity contribution is 6.21. The van der Waals surface area contributed by atoms with Gasteiger partial charge in [0.25, 0.3) is 0 Å². The van der Waals surface area contributed by atoms with Crippen LogP contribution >= 0.6 is 0 Å². The Bertz CT molecular complexity index is 3270. The van der Waals surface area contributed by atoms with Crippen LogP contribution in [0.1, 0.15) is 0 Å². The normalized spacial score (nSPS) is 11.8. The average molecular weight is 824 g/mol. The highest BCUT2D eigenvalue weighted by atomic mass is 16.5. The van der Waals surface area contributed by atoms with Gasteiger partial charge < -0.3 is 14.5 Å². The summed E-state index contributed by atoms with van der Waals surface area (Å²) in [6.07, 6.45) is 5.40. The lowest BCUT2D eigenvalue weighted by Gasteiger charge is -2.35. The van der Waals surface area contributed by atoms with Crippen LogP contribution < -0.4 is 19.4 Å². The maximum Gasteiger partial charge on any atom is 0.153 e. The van der Waals surface area contributed by atoms with Crippen molar-refractivity contribution in [3.05, 3.63) is 225 Å². The van der Waals surface area contributed by atoms with Crippen LogP contribution in [-0.2, 0) is 0 Å². The van der Waals surface area contributed by atoms with E-state index in [1.54, 1.807) is 12.4 Å². The first-order valence-corrected chi connectivity index (χ1v) is 21.2. The van der Waals surface area contributed by atoms with Gasteiger partial charge in [0, 0.05) is 81.2 Å². The first-order chi connectivity index (χ1) is 31.7. The maximum atomic E-state index is 7.07. The molecule has 4 heterocycles. The number of nitrogens with zero attached hydrogens (tertiary/aromatic N) is 7. The summed E-state index contributed by atoms with van der Waals surface area (Å²) in [5.74, 6) is 2.08. The zero-order chi connectivity index (χ0) is 42.4. The first kappa shape index (κ1) is 36.9. The van der Waals surface area contributed by atoms with Gasteiger partial charge in [-0.3, -0.25) is 19.9 Å². The molecule has 11 aromatic rings. The van der Waals surface area contributed by atoms with Gasteiger partial charge in [-0.2, -0.15) is 0 Å². The quantitative estimate of drug-likeness (QED) is 0.140. The number of ether oxygens (including phenoxy) is 1. The number of rotatable bonds is 8. The Morgan fingerprint density at radius 2 is 0.812 bits per heavy atom. The summed E-state index contributed by atoms with van der Waals surface area (Å²) in [5, 5.41) is 1.77. The fourth-order valence-corrected chi connectivity index (χ4v) is 8.81. The summed E-state index contributed by atoms with van der Waals surface area (Å²) in [5.41, 5.74) is 12.9. The molecule has 3 aromatic heterocycles. The van der Waals surface area contributed by atoms with E-state index in [4.69, 9.17) is 24.7 Å². The van der Waals surface area contributed by atoms with E-state index in [1.807, 2.05) is 48.7 Å². The number of aromatic nitrogens is 4. The van der Waals surface area contributed by atoms with Gasteiger partial charge in [0.1, 0.15) is 11.3 Å². The van der Waals surface area contributed by atoms with Crippen molar-refractivity contribution < 1.29 is 4.74 Å². The Balaban J connectivity index is 1.07. The molecule has 0 saturated heterocycles. The third kappa shape index (κ3) is 6.40. The molecule has 302 valence electrons. The van der Waals surface area contributed by atoms with Gasteiger partial charge in [-0.15, -0.1) is 0 Å². The van der Waals surface area contributed by atoms with Gasteiger partial charge in [0.2, 0.25) is 0 Å². The molecule has 0 N–H and O–H groups in total. The smallest absolute Gasteiger partial charge is 0.153 e. The van der Waals surface area contributed by atoms with Gasteiger partial charge in [-0.1, -0.05) is 103 Å². The first-order valence-electron chi connectivity index (χ1n) is 21.2. The summed E-state index contributed by atoms with van der Waals surface area (Å²) in [7, 11) is 0. The predicted molar refractivity (Wildman–Crippen MR) is 260 cm³/mol. The van der Waals surface area contributed by atoms with Crippen LogP contribution in [-0.4, -0.2) is 19.9 Å². The van der Waals surface area contributed by atoms with Crippen molar-refractivity contribution in [3.63, 3.8) is 0 Å². The minimum atomic E-state index is 0.687. The van der Waals surface area contributed by atoms with Crippen LogP contribution in [0.4, 0.5) is 51.3 Å². The Labute approximate surface area is 369 Å². The minimum absolute atomic E-state index is 0.687. The number of para-hydroxylation sites is 4. The number of benzene rings is 8. The Morgan fingerprint density at radius 1 is 0.359 bits per heavy atom. The highest BCUT2D eigenvalue weighted by Crippen LogP contribution is 2.54. The fourth-order valence-electron chi connectivity index (χ4n) is 8.81. The molecular formula is C56H37N7O. The molecule has 0 fully saturated rings. The van der Waals surface area contributed by atoms with Gasteiger partial charge in [0.15, 0.2) is 11.5 Å². The summed E-state index contributed by atoms with van der Waals surface area (Å²) in [6.45, 7) is 0. The van der Waals surface area contributed by atoms with Crippen LogP contribution in [0.3, 0.4) is 0 Å². The number of pyridine rings is 2. The number of hydrogen-bond donors (Lipinski definition) is 0. The molecule has 1 aliphatic rings. The van der Waals surface area contributed by atoms with Crippen molar-refractivity contribution in [1.29, 1.82) is 0 Å². The molecule has 8 heteroatoms. The van der Waals surface area contributed by atoms with Gasteiger partial charge in [-0.05, 0) is 96.6 Å². The van der Waals surface area contributed by atoms with Crippen molar-refractivity contribution >= 4 is 84.2 Å². The molecule has 8 nitrogen and oxygen atoms in total. The number of fused-ring (bicyclic) bond motifs is 8. The highest BCUT2D eigenvalue weighted by Gasteiger charge is 2.30. The fraction of sp³-hybridized carbons (Fsp3) is 0. The Morgan fingerprint density at radius 3 is 1.31 bits per heavy atom. The third-order valence-corrected chi connectivity index (χ3v) is 11.7. The van der Waals surface area contributed by atoms with E-state index in [9.17, 15) is 0 Å². The Hall–Kier alpha value is -8.88. The van der Waals surface area contributed by atoms with Gasteiger partial charge >= 0.3 is 0 Å². The maximum absolute atomic E-state index is 7.07. The second-order valence-corrected chi connectivity index (χ2v) is 15.6. The van der Waals surface area contributed by atoms with Crippen LogP contribution in [0.5, 0.6) is 11.5 Å². The average Bonchev–Trinajstić information content (AvgIpc) is 3.37. The summed E-state index contributed by atoms with van der Waals surface area (Å²) in [4.78, 5) is 27.0. The van der Waals surface area contributed by atoms with E-state index in [0.29, 0.717) is 17.3 Å². The number of anilines is 9. The molecule has 0 unspecified atom stereocenters. The van der Waals surface area contributed by atoms with E-state index in [-0.39, 0.29) is 0 Å². The molecule has 1 aliphatic heterocycles. The lowest BCUT2D eigenvalue weighted by molar-refractivity contribution is 0.477. The van der Waals surface area contributed by atoms with Crippen molar-refractivity contribution in [2.45, 2.75) is 0 Å². The Kier molecular flexibility index (Phi) is 8.97. The molecule has 0 spiro atoms. The van der Waals surface area contributed by atoms with E-state index >= 15 is 0 Å². The van der Waals surface area contributed by atoms with E-state index in [2.05, 4.69) is 178 Å². The summed E-state index contributed by atoms with van der Waals surface area (Å²) in [6, 6.07) is 71.0. The van der Waals surface area contributed by atoms with Crippen molar-refractivity contribution in [2.24, 2.45) is 0 Å². The molecule has 0 aliphatic carbocycles. The van der Waals surface area contributed by atoms with Crippen LogP contribution in [0.25, 0.3) is 44.0 Å². The molecule has 0 bridgehead atoms. The molecule has 8 aromatic carbocycles. The van der Waals surface area contributed by atoms with Crippen molar-refractivity contribution in [3.8, 4) is 22.6 Å². The van der Waals surface area contributed by atoms with E-state index < -0.39 is 0 Å². The van der Waals surface area contributed by atoms with Crippen LogP contribution in [0.15, 0.2) is 225 Å². The molecule has 64 heavy (non-hydrogen) atoms. The SMILES string of the molecule is c1ccc(-c2cnc3c(c2)c2nccnc2c2ccc(N4c5ccc(N(c6ccccc6)c6ccccc6)cc5Oc5cc(N(c6ccccc6)c6ccccc6)ccc54)nc23)cc1. The molecular weight excluding hydrogens is 787 g/mol. The van der Waals surface area contributed by atoms with Crippen LogP contribution in [0.2, 0.25) is 0 Å². The molecule has 0 radical (unpaired) electrons. The monoisotopic (exact) mass is 823 g/mol. The standard InChI is InChI=1S/C56H37N7O/c1-6-16-38(17-7-1)39-34-47-54-53(57-32-33-58-54)46-28-31-52(60-56(46)55(47)59-37-39)63-48-29-26-44(61(40-18-8-2-9-19-40)41-20-10-3-11-21-41)35-50(48)64-51-36-45(27-30-49(51)63)62(42-22-12-4-13-23-42)43-24-14-5-15-25-43/h1-37H. The minimum Gasteiger partial charge on any atom is -0.453 e. The molecule has 0 saturated carbocycles. The zero-order valence-corrected chi connectivity index (χ0v) is 34.4. The number of hydrogen-bond acceptors (Lipinski definition) is 8. The zero-order valence-electron chi connectivity index (χ0n) is 34.4.